The number of nitrogens with one attached hydrogen (secondary N) is 1. The Bertz CT molecular complexity index is 617. The summed E-state index contributed by atoms with van der Waals surface area (Å²) < 4.78 is 10.6. The summed E-state index contributed by atoms with van der Waals surface area (Å²) in [5, 5.41) is 3.08. The standard InChI is InChI=1S/C18H22N2O3/c1-22-18(21)17(20-11-10-19)15-8-5-9-16(12-15)23-13-14-6-3-2-4-7-14/h2-9,12,17,20H,10-11,13,19H2,1H3. The summed E-state index contributed by atoms with van der Waals surface area (Å²) in [6.07, 6.45) is 0. The fourth-order valence-electron chi connectivity index (χ4n) is 2.21. The molecule has 5 nitrogen and oxygen atoms in total. The van der Waals surface area contributed by atoms with E-state index in [2.05, 4.69) is 5.32 Å². The van der Waals surface area contributed by atoms with Crippen molar-refractivity contribution < 1.29 is 14.3 Å². The van der Waals surface area contributed by atoms with E-state index in [0.29, 0.717) is 25.4 Å². The van der Waals surface area contributed by atoms with E-state index in [1.165, 1.54) is 7.11 Å². The van der Waals surface area contributed by atoms with Gasteiger partial charge in [-0.2, -0.15) is 0 Å². The Labute approximate surface area is 136 Å². The maximum Gasteiger partial charge on any atom is 0.327 e. The molecule has 0 aliphatic rings. The summed E-state index contributed by atoms with van der Waals surface area (Å²) in [7, 11) is 1.37. The number of rotatable bonds is 8. The topological polar surface area (TPSA) is 73.6 Å². The maximum absolute atomic E-state index is 11.9. The third kappa shape index (κ3) is 5.09. The largest absolute Gasteiger partial charge is 0.489 e. The van der Waals surface area contributed by atoms with Gasteiger partial charge in [0.1, 0.15) is 18.4 Å². The van der Waals surface area contributed by atoms with Crippen LogP contribution in [0.2, 0.25) is 0 Å². The molecule has 1 unspecified atom stereocenters. The number of hydrogen-bond acceptors (Lipinski definition) is 5. The normalized spacial score (nSPS) is 11.7. The van der Waals surface area contributed by atoms with Crippen LogP contribution < -0.4 is 15.8 Å². The second kappa shape index (κ2) is 8.92. The van der Waals surface area contributed by atoms with Gasteiger partial charge in [-0.3, -0.25) is 5.32 Å². The highest BCUT2D eigenvalue weighted by Gasteiger charge is 2.20. The number of esters is 1. The van der Waals surface area contributed by atoms with Crippen LogP contribution in [0.1, 0.15) is 17.2 Å². The molecule has 5 heteroatoms. The molecule has 0 heterocycles. The van der Waals surface area contributed by atoms with Gasteiger partial charge in [-0.05, 0) is 23.3 Å². The van der Waals surface area contributed by atoms with Gasteiger partial charge in [0.2, 0.25) is 0 Å². The van der Waals surface area contributed by atoms with Crippen molar-refractivity contribution in [1.82, 2.24) is 5.32 Å². The molecule has 0 fully saturated rings. The van der Waals surface area contributed by atoms with Gasteiger partial charge >= 0.3 is 5.97 Å². The van der Waals surface area contributed by atoms with Gasteiger partial charge in [0.15, 0.2) is 0 Å². The van der Waals surface area contributed by atoms with E-state index in [1.54, 1.807) is 0 Å². The van der Waals surface area contributed by atoms with E-state index in [0.717, 1.165) is 11.1 Å². The lowest BCUT2D eigenvalue weighted by Crippen LogP contribution is -2.33. The van der Waals surface area contributed by atoms with Crippen LogP contribution in [-0.2, 0) is 16.1 Å². The van der Waals surface area contributed by atoms with Crippen molar-refractivity contribution in [2.75, 3.05) is 20.2 Å². The zero-order valence-electron chi connectivity index (χ0n) is 13.2. The van der Waals surface area contributed by atoms with E-state index in [1.807, 2.05) is 54.6 Å². The van der Waals surface area contributed by atoms with Gasteiger partial charge in [-0.15, -0.1) is 0 Å². The number of nitrogens with two attached hydrogens (primary N) is 1. The summed E-state index contributed by atoms with van der Waals surface area (Å²) in [5.41, 5.74) is 7.37. The Balaban J connectivity index is 2.08. The van der Waals surface area contributed by atoms with E-state index >= 15 is 0 Å². The average molecular weight is 314 g/mol. The van der Waals surface area contributed by atoms with Crippen molar-refractivity contribution >= 4 is 5.97 Å². The van der Waals surface area contributed by atoms with Crippen LogP contribution >= 0.6 is 0 Å². The van der Waals surface area contributed by atoms with Crippen molar-refractivity contribution in [2.45, 2.75) is 12.6 Å². The lowest BCUT2D eigenvalue weighted by molar-refractivity contribution is -0.143. The van der Waals surface area contributed by atoms with Crippen molar-refractivity contribution in [1.29, 1.82) is 0 Å². The van der Waals surface area contributed by atoms with Gasteiger partial charge in [0.05, 0.1) is 7.11 Å². The van der Waals surface area contributed by atoms with Crippen LogP contribution in [0, 0.1) is 0 Å². The molecule has 0 bridgehead atoms. The molecule has 0 saturated carbocycles. The number of carbonyl (C=O) groups is 1. The average Bonchev–Trinajstić information content (AvgIpc) is 2.61. The Hall–Kier alpha value is -2.37. The molecule has 0 saturated heterocycles. The van der Waals surface area contributed by atoms with Crippen LogP contribution in [0.3, 0.4) is 0 Å². The third-order valence-electron chi connectivity index (χ3n) is 3.37. The van der Waals surface area contributed by atoms with E-state index in [-0.39, 0.29) is 5.97 Å². The minimum absolute atomic E-state index is 0.348. The van der Waals surface area contributed by atoms with Gasteiger partial charge in [-0.25, -0.2) is 4.79 Å². The number of ether oxygens (including phenoxy) is 2. The fraction of sp³-hybridized carbons (Fsp3) is 0.278. The molecule has 0 radical (unpaired) electrons. The molecule has 0 aliphatic carbocycles. The summed E-state index contributed by atoms with van der Waals surface area (Å²) in [6, 6.07) is 16.8. The molecule has 0 aromatic heterocycles. The lowest BCUT2D eigenvalue weighted by Gasteiger charge is -2.17. The van der Waals surface area contributed by atoms with E-state index in [4.69, 9.17) is 15.2 Å². The quantitative estimate of drug-likeness (QED) is 0.729. The molecule has 1 atom stereocenters. The number of hydrogen-bond donors (Lipinski definition) is 2. The first kappa shape index (κ1) is 17.0. The Morgan fingerprint density at radius 1 is 1.17 bits per heavy atom. The molecule has 122 valence electrons. The second-order valence-corrected chi connectivity index (χ2v) is 5.05. The smallest absolute Gasteiger partial charge is 0.327 e. The van der Waals surface area contributed by atoms with Crippen molar-refractivity contribution in [2.24, 2.45) is 5.73 Å². The predicted molar refractivity (Wildman–Crippen MR) is 89.0 cm³/mol. The molecule has 23 heavy (non-hydrogen) atoms. The third-order valence-corrected chi connectivity index (χ3v) is 3.37. The van der Waals surface area contributed by atoms with E-state index in [9.17, 15) is 4.79 Å². The van der Waals surface area contributed by atoms with E-state index < -0.39 is 6.04 Å². The molecule has 3 N–H and O–H groups in total. The minimum atomic E-state index is -0.552. The van der Waals surface area contributed by atoms with Gasteiger partial charge in [0, 0.05) is 13.1 Å². The highest BCUT2D eigenvalue weighted by Crippen LogP contribution is 2.21. The maximum atomic E-state index is 11.9. The first-order chi connectivity index (χ1) is 11.2. The van der Waals surface area contributed by atoms with Crippen LogP contribution in [0.5, 0.6) is 5.75 Å². The molecular formula is C18H22N2O3. The summed E-state index contributed by atoms with van der Waals surface area (Å²) in [6.45, 7) is 1.44. The molecule has 2 aromatic carbocycles. The summed E-state index contributed by atoms with van der Waals surface area (Å²) in [5.74, 6) is 0.355. The van der Waals surface area contributed by atoms with Crippen LogP contribution in [0.15, 0.2) is 54.6 Å². The van der Waals surface area contributed by atoms with Gasteiger partial charge in [-0.1, -0.05) is 42.5 Å². The molecule has 0 spiro atoms. The number of methoxy groups -OCH3 is 1. The van der Waals surface area contributed by atoms with Crippen molar-refractivity contribution in [3.8, 4) is 5.75 Å². The summed E-state index contributed by atoms with van der Waals surface area (Å²) >= 11 is 0. The molecular weight excluding hydrogens is 292 g/mol. The second-order valence-electron chi connectivity index (χ2n) is 5.05. The van der Waals surface area contributed by atoms with Gasteiger partial charge < -0.3 is 15.2 Å². The Morgan fingerprint density at radius 3 is 2.65 bits per heavy atom. The number of carbonyl (C=O) groups excluding carboxylic acids is 1. The van der Waals surface area contributed by atoms with Crippen LogP contribution in [0.25, 0.3) is 0 Å². The van der Waals surface area contributed by atoms with Crippen LogP contribution in [-0.4, -0.2) is 26.2 Å². The van der Waals surface area contributed by atoms with Crippen molar-refractivity contribution in [3.63, 3.8) is 0 Å². The highest BCUT2D eigenvalue weighted by atomic mass is 16.5. The molecule has 0 aliphatic heterocycles. The zero-order chi connectivity index (χ0) is 16.5. The lowest BCUT2D eigenvalue weighted by atomic mass is 10.1. The fourth-order valence-corrected chi connectivity index (χ4v) is 2.21. The van der Waals surface area contributed by atoms with Crippen LogP contribution in [0.4, 0.5) is 0 Å². The molecule has 2 aromatic rings. The van der Waals surface area contributed by atoms with Crippen molar-refractivity contribution in [3.05, 3.63) is 65.7 Å². The first-order valence-corrected chi connectivity index (χ1v) is 7.52. The molecule has 0 amide bonds. The number of benzene rings is 2. The zero-order valence-corrected chi connectivity index (χ0v) is 13.2. The minimum Gasteiger partial charge on any atom is -0.489 e. The predicted octanol–water partition coefficient (Wildman–Crippen LogP) is 2.03. The Morgan fingerprint density at radius 2 is 1.96 bits per heavy atom. The first-order valence-electron chi connectivity index (χ1n) is 7.52. The highest BCUT2D eigenvalue weighted by molar-refractivity contribution is 5.77. The summed E-state index contributed by atoms with van der Waals surface area (Å²) in [4.78, 5) is 11.9. The SMILES string of the molecule is COC(=O)C(NCCN)c1cccc(OCc2ccccc2)c1. The van der Waals surface area contributed by atoms with Gasteiger partial charge in [0.25, 0.3) is 0 Å². The Kier molecular flexibility index (Phi) is 6.59. The molecule has 2 rings (SSSR count). The monoisotopic (exact) mass is 314 g/mol.